The van der Waals surface area contributed by atoms with Crippen LogP contribution in [0.3, 0.4) is 0 Å². The average Bonchev–Trinajstić information content (AvgIpc) is 3.12. The Morgan fingerprint density at radius 1 is 1.00 bits per heavy atom. The minimum Gasteiger partial charge on any atom is -0.296 e. The van der Waals surface area contributed by atoms with Crippen LogP contribution in [0.15, 0.2) is 42.5 Å². The molecule has 130 valence electrons. The lowest BCUT2D eigenvalue weighted by atomic mass is 10.0. The van der Waals surface area contributed by atoms with Crippen LogP contribution in [0.4, 0.5) is 4.39 Å². The lowest BCUT2D eigenvalue weighted by Gasteiger charge is -2.06. The van der Waals surface area contributed by atoms with Gasteiger partial charge in [0.05, 0.1) is 5.69 Å². The number of thiazole rings is 1. The molecule has 0 fully saturated rings. The number of hydrogen-bond donors (Lipinski definition) is 0. The molecule has 2 heterocycles. The van der Waals surface area contributed by atoms with E-state index in [9.17, 15) is 9.18 Å². The monoisotopic (exact) mass is 364 g/mol. The molecule has 0 aliphatic heterocycles. The third-order valence-corrected chi connectivity index (χ3v) is 5.65. The second kappa shape index (κ2) is 6.18. The van der Waals surface area contributed by atoms with Crippen LogP contribution in [0.1, 0.15) is 26.5 Å². The molecular weight excluding hydrogens is 347 g/mol. The summed E-state index contributed by atoms with van der Waals surface area (Å²) < 4.78 is 15.2. The van der Waals surface area contributed by atoms with Gasteiger partial charge in [0.15, 0.2) is 11.2 Å². The molecule has 2 aromatic heterocycles. The van der Waals surface area contributed by atoms with Gasteiger partial charge in [0, 0.05) is 10.4 Å². The molecular formula is C21H17FN2OS. The van der Waals surface area contributed by atoms with E-state index in [1.807, 2.05) is 30.4 Å². The summed E-state index contributed by atoms with van der Waals surface area (Å²) >= 11 is 1.53. The molecule has 26 heavy (non-hydrogen) atoms. The summed E-state index contributed by atoms with van der Waals surface area (Å²) in [5, 5.41) is 0. The molecule has 0 unspecified atom stereocenters. The zero-order valence-corrected chi connectivity index (χ0v) is 15.5. The maximum atomic E-state index is 13.3. The van der Waals surface area contributed by atoms with Gasteiger partial charge in [-0.05, 0) is 67.8 Å². The number of benzene rings is 2. The van der Waals surface area contributed by atoms with Crippen molar-refractivity contribution in [1.29, 1.82) is 0 Å². The van der Waals surface area contributed by atoms with Crippen molar-refractivity contribution in [2.75, 3.05) is 0 Å². The fourth-order valence-corrected chi connectivity index (χ4v) is 4.19. The molecule has 0 spiro atoms. The van der Waals surface area contributed by atoms with E-state index in [0.717, 1.165) is 38.5 Å². The summed E-state index contributed by atoms with van der Waals surface area (Å²) in [4.78, 5) is 18.5. The largest absolute Gasteiger partial charge is 0.296 e. The van der Waals surface area contributed by atoms with Gasteiger partial charge >= 0.3 is 0 Å². The van der Waals surface area contributed by atoms with Crippen LogP contribution >= 0.6 is 11.3 Å². The highest BCUT2D eigenvalue weighted by atomic mass is 32.1. The zero-order chi connectivity index (χ0) is 18.4. The molecule has 4 rings (SSSR count). The summed E-state index contributed by atoms with van der Waals surface area (Å²) in [5.74, 6) is -0.282. The second-order valence-electron chi connectivity index (χ2n) is 6.39. The van der Waals surface area contributed by atoms with Crippen molar-refractivity contribution in [2.24, 2.45) is 0 Å². The van der Waals surface area contributed by atoms with Crippen LogP contribution in [0, 0.1) is 26.6 Å². The number of carbonyl (C=O) groups is 1. The first-order chi connectivity index (χ1) is 12.5. The molecule has 0 aliphatic rings. The van der Waals surface area contributed by atoms with Gasteiger partial charge in [-0.3, -0.25) is 9.20 Å². The SMILES string of the molecule is Cc1ccc(-c2nc3sc(C)c(-c4ccc(F)cc4)n3c2C=O)cc1C. The van der Waals surface area contributed by atoms with Gasteiger partial charge in [0.1, 0.15) is 17.2 Å². The molecule has 3 nitrogen and oxygen atoms in total. The molecule has 0 aliphatic carbocycles. The summed E-state index contributed by atoms with van der Waals surface area (Å²) in [5.41, 5.74) is 6.23. The van der Waals surface area contributed by atoms with E-state index in [0.29, 0.717) is 11.4 Å². The number of aryl methyl sites for hydroxylation is 3. The van der Waals surface area contributed by atoms with Crippen molar-refractivity contribution in [3.63, 3.8) is 0 Å². The van der Waals surface area contributed by atoms with E-state index in [-0.39, 0.29) is 5.82 Å². The van der Waals surface area contributed by atoms with Crippen LogP contribution in [0.2, 0.25) is 0 Å². The number of carbonyl (C=O) groups excluding carboxylic acids is 1. The highest BCUT2D eigenvalue weighted by Gasteiger charge is 2.21. The summed E-state index contributed by atoms with van der Waals surface area (Å²) in [6, 6.07) is 12.4. The highest BCUT2D eigenvalue weighted by molar-refractivity contribution is 7.17. The Hall–Kier alpha value is -2.79. The van der Waals surface area contributed by atoms with Gasteiger partial charge in [0.25, 0.3) is 0 Å². The Morgan fingerprint density at radius 2 is 1.69 bits per heavy atom. The van der Waals surface area contributed by atoms with Crippen molar-refractivity contribution in [3.8, 4) is 22.5 Å². The maximum Gasteiger partial charge on any atom is 0.195 e. The molecule has 4 aromatic rings. The van der Waals surface area contributed by atoms with Crippen molar-refractivity contribution in [1.82, 2.24) is 9.38 Å². The van der Waals surface area contributed by atoms with Crippen LogP contribution in [-0.4, -0.2) is 15.7 Å². The van der Waals surface area contributed by atoms with Crippen LogP contribution in [0.25, 0.3) is 27.5 Å². The number of halogens is 1. The van der Waals surface area contributed by atoms with Gasteiger partial charge in [-0.2, -0.15) is 0 Å². The number of imidazole rings is 1. The lowest BCUT2D eigenvalue weighted by molar-refractivity contribution is 0.111. The Labute approximate surface area is 154 Å². The van der Waals surface area contributed by atoms with Gasteiger partial charge in [-0.1, -0.05) is 12.1 Å². The predicted octanol–water partition coefficient (Wildman–Crippen LogP) is 5.61. The van der Waals surface area contributed by atoms with Gasteiger partial charge in [-0.15, -0.1) is 11.3 Å². The van der Waals surface area contributed by atoms with E-state index in [1.165, 1.54) is 29.0 Å². The molecule has 0 atom stereocenters. The topological polar surface area (TPSA) is 34.4 Å². The number of aromatic nitrogens is 2. The third kappa shape index (κ3) is 2.56. The van der Waals surface area contributed by atoms with Gasteiger partial charge in [0.2, 0.25) is 0 Å². The van der Waals surface area contributed by atoms with Crippen molar-refractivity contribution in [3.05, 3.63) is 70.0 Å². The quantitative estimate of drug-likeness (QED) is 0.443. The van der Waals surface area contributed by atoms with Crippen molar-refractivity contribution in [2.45, 2.75) is 20.8 Å². The van der Waals surface area contributed by atoms with Crippen LogP contribution < -0.4 is 0 Å². The normalized spacial score (nSPS) is 11.2. The third-order valence-electron chi connectivity index (χ3n) is 4.69. The molecule has 5 heteroatoms. The van der Waals surface area contributed by atoms with Gasteiger partial charge < -0.3 is 0 Å². The minimum absolute atomic E-state index is 0.282. The summed E-state index contributed by atoms with van der Waals surface area (Å²) in [7, 11) is 0. The average molecular weight is 364 g/mol. The van der Waals surface area contributed by atoms with Crippen LogP contribution in [0.5, 0.6) is 0 Å². The Kier molecular flexibility index (Phi) is 3.96. The smallest absolute Gasteiger partial charge is 0.195 e. The van der Waals surface area contributed by atoms with Crippen LogP contribution in [-0.2, 0) is 0 Å². The van der Waals surface area contributed by atoms with E-state index >= 15 is 0 Å². The summed E-state index contributed by atoms with van der Waals surface area (Å²) in [6.07, 6.45) is 0.851. The molecule has 0 saturated carbocycles. The Balaban J connectivity index is 1.99. The number of aldehydes is 1. The Bertz CT molecular complexity index is 1140. The molecule has 0 N–H and O–H groups in total. The minimum atomic E-state index is -0.282. The fraction of sp³-hybridized carbons (Fsp3) is 0.143. The number of nitrogens with zero attached hydrogens (tertiary/aromatic N) is 2. The van der Waals surface area contributed by atoms with E-state index < -0.39 is 0 Å². The summed E-state index contributed by atoms with van der Waals surface area (Å²) in [6.45, 7) is 6.09. The van der Waals surface area contributed by atoms with E-state index in [4.69, 9.17) is 4.98 Å². The van der Waals surface area contributed by atoms with Crippen molar-refractivity contribution >= 4 is 22.6 Å². The predicted molar refractivity (Wildman–Crippen MR) is 103 cm³/mol. The first-order valence-corrected chi connectivity index (χ1v) is 9.12. The standard InChI is InChI=1S/C21H17FN2OS/c1-12-4-5-16(10-13(12)2)19-18(11-25)24-20(14(3)26-21(24)23-19)15-6-8-17(22)9-7-15/h4-11H,1-3H3. The van der Waals surface area contributed by atoms with E-state index in [2.05, 4.69) is 13.0 Å². The molecule has 0 saturated heterocycles. The second-order valence-corrected chi connectivity index (χ2v) is 7.58. The maximum absolute atomic E-state index is 13.3. The molecule has 0 amide bonds. The van der Waals surface area contributed by atoms with Gasteiger partial charge in [-0.25, -0.2) is 9.37 Å². The molecule has 0 radical (unpaired) electrons. The molecule has 0 bridgehead atoms. The Morgan fingerprint density at radius 3 is 2.35 bits per heavy atom. The fourth-order valence-electron chi connectivity index (χ4n) is 3.19. The number of hydrogen-bond acceptors (Lipinski definition) is 3. The first kappa shape index (κ1) is 16.7. The number of fused-ring (bicyclic) bond motifs is 1. The van der Waals surface area contributed by atoms with E-state index in [1.54, 1.807) is 12.1 Å². The number of rotatable bonds is 3. The highest BCUT2D eigenvalue weighted by Crippen LogP contribution is 2.36. The van der Waals surface area contributed by atoms with Crippen molar-refractivity contribution < 1.29 is 9.18 Å². The molecule has 2 aromatic carbocycles. The zero-order valence-electron chi connectivity index (χ0n) is 14.7. The lowest BCUT2D eigenvalue weighted by Crippen LogP contribution is -1.96. The first-order valence-electron chi connectivity index (χ1n) is 8.30.